The van der Waals surface area contributed by atoms with Crippen molar-refractivity contribution in [2.24, 2.45) is 11.8 Å². The summed E-state index contributed by atoms with van der Waals surface area (Å²) in [5.74, 6) is -1.75. The fraction of sp³-hybridized carbons (Fsp3) is 0.500. The third-order valence-corrected chi connectivity index (χ3v) is 8.20. The van der Waals surface area contributed by atoms with E-state index in [-0.39, 0.29) is 49.9 Å². The molecule has 226 valence electrons. The van der Waals surface area contributed by atoms with Gasteiger partial charge in [-0.25, -0.2) is 0 Å². The van der Waals surface area contributed by atoms with E-state index in [4.69, 9.17) is 9.47 Å². The zero-order valence-corrected chi connectivity index (χ0v) is 24.3. The predicted octanol–water partition coefficient (Wildman–Crippen LogP) is 4.26. The van der Waals surface area contributed by atoms with Gasteiger partial charge in [0.2, 0.25) is 11.8 Å². The summed E-state index contributed by atoms with van der Waals surface area (Å²) >= 11 is 0. The molecule has 0 unspecified atom stereocenters. The van der Waals surface area contributed by atoms with Gasteiger partial charge in [-0.05, 0) is 49.7 Å². The second-order valence-corrected chi connectivity index (χ2v) is 11.6. The van der Waals surface area contributed by atoms with E-state index >= 15 is 0 Å². The highest BCUT2D eigenvalue weighted by atomic mass is 16.5. The quantitative estimate of drug-likeness (QED) is 0.288. The van der Waals surface area contributed by atoms with Crippen LogP contribution in [0.5, 0.6) is 0 Å². The van der Waals surface area contributed by atoms with Crippen LogP contribution in [0, 0.1) is 11.8 Å². The molecule has 1 heterocycles. The first-order valence-electron chi connectivity index (χ1n) is 15.2. The molecule has 2 aromatic carbocycles. The molecule has 1 aliphatic carbocycles. The minimum absolute atomic E-state index is 0.00589. The number of aliphatic hydroxyl groups is 1. The van der Waals surface area contributed by atoms with Crippen LogP contribution >= 0.6 is 0 Å². The average Bonchev–Trinajstić information content (AvgIpc) is 3.47. The number of cyclic esters (lactones) is 1. The van der Waals surface area contributed by atoms with Gasteiger partial charge in [0.15, 0.2) is 0 Å². The first-order chi connectivity index (χ1) is 20.5. The van der Waals surface area contributed by atoms with Crippen molar-refractivity contribution in [3.8, 4) is 0 Å². The third-order valence-electron chi connectivity index (χ3n) is 8.20. The fourth-order valence-electron chi connectivity index (χ4n) is 5.75. The van der Waals surface area contributed by atoms with Gasteiger partial charge >= 0.3 is 5.97 Å². The molecule has 0 spiro atoms. The van der Waals surface area contributed by atoms with E-state index in [2.05, 4.69) is 10.6 Å². The number of carbonyl (C=O) groups excluding carboxylic acids is 3. The Morgan fingerprint density at radius 3 is 2.36 bits per heavy atom. The number of ether oxygens (including phenoxy) is 2. The Hall–Kier alpha value is -3.49. The van der Waals surface area contributed by atoms with Crippen LogP contribution < -0.4 is 10.6 Å². The van der Waals surface area contributed by atoms with Gasteiger partial charge < -0.3 is 25.2 Å². The molecule has 0 saturated heterocycles. The molecule has 4 rings (SSSR count). The molecular formula is C34H44N2O6. The number of benzene rings is 2. The van der Waals surface area contributed by atoms with Crippen molar-refractivity contribution >= 4 is 17.8 Å². The lowest BCUT2D eigenvalue weighted by atomic mass is 9.94. The highest BCUT2D eigenvalue weighted by molar-refractivity contribution is 5.86. The molecule has 2 amide bonds. The monoisotopic (exact) mass is 576 g/mol. The van der Waals surface area contributed by atoms with E-state index in [1.54, 1.807) is 0 Å². The van der Waals surface area contributed by atoms with Crippen LogP contribution in [-0.2, 0) is 36.9 Å². The number of hydrogen-bond acceptors (Lipinski definition) is 6. The summed E-state index contributed by atoms with van der Waals surface area (Å²) in [5.41, 5.74) is 1.47. The molecule has 1 aliphatic heterocycles. The lowest BCUT2D eigenvalue weighted by molar-refractivity contribution is -0.150. The van der Waals surface area contributed by atoms with Crippen molar-refractivity contribution in [1.29, 1.82) is 0 Å². The minimum atomic E-state index is -0.605. The van der Waals surface area contributed by atoms with Gasteiger partial charge in [-0.15, -0.1) is 0 Å². The van der Waals surface area contributed by atoms with Gasteiger partial charge in [0.05, 0.1) is 43.2 Å². The van der Waals surface area contributed by atoms with E-state index in [9.17, 15) is 19.5 Å². The lowest BCUT2D eigenvalue weighted by Crippen LogP contribution is -2.50. The first-order valence-corrected chi connectivity index (χ1v) is 15.2. The van der Waals surface area contributed by atoms with Crippen LogP contribution in [0.25, 0.3) is 0 Å². The van der Waals surface area contributed by atoms with Crippen LogP contribution in [0.2, 0.25) is 0 Å². The maximum atomic E-state index is 13.5. The van der Waals surface area contributed by atoms with Crippen molar-refractivity contribution in [2.45, 2.75) is 76.0 Å². The number of allylic oxidation sites excluding steroid dienone is 2. The summed E-state index contributed by atoms with van der Waals surface area (Å²) in [6, 6.07) is 19.0. The number of nitrogens with one attached hydrogen (secondary N) is 2. The van der Waals surface area contributed by atoms with Gasteiger partial charge in [-0.1, -0.05) is 85.7 Å². The average molecular weight is 577 g/mol. The number of rotatable bonds is 10. The minimum Gasteiger partial charge on any atom is -0.463 e. The molecule has 3 atom stereocenters. The normalized spacial score (nSPS) is 23.1. The van der Waals surface area contributed by atoms with Crippen molar-refractivity contribution in [2.75, 3.05) is 19.8 Å². The van der Waals surface area contributed by atoms with E-state index in [0.29, 0.717) is 32.3 Å². The van der Waals surface area contributed by atoms with E-state index in [1.165, 1.54) is 0 Å². The number of hydrogen-bond donors (Lipinski definition) is 3. The maximum absolute atomic E-state index is 13.5. The lowest BCUT2D eigenvalue weighted by Gasteiger charge is -2.29. The molecule has 0 aromatic heterocycles. The van der Waals surface area contributed by atoms with E-state index < -0.39 is 17.5 Å². The smallest absolute Gasteiger partial charge is 0.309 e. The molecule has 2 aliphatic rings. The second kappa shape index (κ2) is 16.2. The molecule has 1 saturated carbocycles. The standard InChI is InChI=1S/C34H44N2O6/c37-25-34(18-10-11-19-34)36-31(38)21-28-16-8-3-9-17-29(20-26-12-4-1-5-13-26)33(40)42-24-30(35-32(28)39)23-41-22-27-14-6-2-7-15-27/h1-8,12-15,28-30,37H,9-11,16-25H2,(H,35,39)(H,36,38)/t28-,29-,30+/m1/s1. The fourth-order valence-corrected chi connectivity index (χ4v) is 5.75. The van der Waals surface area contributed by atoms with Crippen LogP contribution in [0.3, 0.4) is 0 Å². The maximum Gasteiger partial charge on any atom is 0.309 e. The summed E-state index contributed by atoms with van der Waals surface area (Å²) in [5, 5.41) is 15.9. The highest BCUT2D eigenvalue weighted by Crippen LogP contribution is 2.29. The topological polar surface area (TPSA) is 114 Å². The van der Waals surface area contributed by atoms with E-state index in [1.807, 2.05) is 72.8 Å². The second-order valence-electron chi connectivity index (χ2n) is 11.6. The Morgan fingerprint density at radius 1 is 0.976 bits per heavy atom. The van der Waals surface area contributed by atoms with Crippen molar-refractivity contribution < 1.29 is 29.0 Å². The van der Waals surface area contributed by atoms with Gasteiger partial charge in [0.25, 0.3) is 0 Å². The van der Waals surface area contributed by atoms with Gasteiger partial charge in [-0.3, -0.25) is 14.4 Å². The van der Waals surface area contributed by atoms with Crippen molar-refractivity contribution in [3.63, 3.8) is 0 Å². The summed E-state index contributed by atoms with van der Waals surface area (Å²) in [4.78, 5) is 39.8. The highest BCUT2D eigenvalue weighted by Gasteiger charge is 2.35. The molecule has 8 heteroatoms. The number of aliphatic hydroxyl groups excluding tert-OH is 1. The Bertz CT molecular complexity index is 1160. The molecular weight excluding hydrogens is 532 g/mol. The Kier molecular flexibility index (Phi) is 12.1. The van der Waals surface area contributed by atoms with Crippen LogP contribution in [-0.4, -0.2) is 54.3 Å². The van der Waals surface area contributed by atoms with Crippen molar-refractivity contribution in [3.05, 3.63) is 83.9 Å². The number of amides is 2. The van der Waals surface area contributed by atoms with Gasteiger partial charge in [0.1, 0.15) is 6.61 Å². The zero-order valence-electron chi connectivity index (χ0n) is 24.3. The van der Waals surface area contributed by atoms with Crippen molar-refractivity contribution in [1.82, 2.24) is 10.6 Å². The largest absolute Gasteiger partial charge is 0.463 e. The Balaban J connectivity index is 1.45. The van der Waals surface area contributed by atoms with Crippen LogP contribution in [0.4, 0.5) is 0 Å². The molecule has 42 heavy (non-hydrogen) atoms. The summed E-state index contributed by atoms with van der Waals surface area (Å²) in [7, 11) is 0. The first kappa shape index (κ1) is 31.4. The SMILES string of the molecule is O=C(C[C@H]1CC=CCC[C@H](Cc2ccccc2)C(=O)OC[C@H](COCc2ccccc2)NC1=O)NC1(CO)CCCC1. The summed E-state index contributed by atoms with van der Waals surface area (Å²) in [6.45, 7) is 0.381. The van der Waals surface area contributed by atoms with Gasteiger partial charge in [0, 0.05) is 6.42 Å². The number of esters is 1. The molecule has 0 radical (unpaired) electrons. The Labute approximate surface area is 248 Å². The van der Waals surface area contributed by atoms with Gasteiger partial charge in [-0.2, -0.15) is 0 Å². The molecule has 0 bridgehead atoms. The van der Waals surface area contributed by atoms with E-state index in [0.717, 1.165) is 36.8 Å². The summed E-state index contributed by atoms with van der Waals surface area (Å²) < 4.78 is 11.7. The van der Waals surface area contributed by atoms with Crippen LogP contribution in [0.1, 0.15) is 62.5 Å². The number of carbonyl (C=O) groups is 3. The molecule has 8 nitrogen and oxygen atoms in total. The predicted molar refractivity (Wildman–Crippen MR) is 160 cm³/mol. The third kappa shape index (κ3) is 9.81. The zero-order chi connectivity index (χ0) is 29.6. The van der Waals surface area contributed by atoms with Crippen LogP contribution in [0.15, 0.2) is 72.8 Å². The molecule has 1 fully saturated rings. The summed E-state index contributed by atoms with van der Waals surface area (Å²) in [6.07, 6.45) is 9.55. The Morgan fingerprint density at radius 2 is 1.67 bits per heavy atom. The molecule has 2 aromatic rings. The molecule has 3 N–H and O–H groups in total.